The molecule has 0 N–H and O–H groups in total. The summed E-state index contributed by atoms with van der Waals surface area (Å²) in [5.74, 6) is 0. The number of hydrogen-bond acceptors (Lipinski definition) is 3. The zero-order chi connectivity index (χ0) is 15.5. The Kier molecular flexibility index (Phi) is 4.78. The molecule has 0 saturated carbocycles. The summed E-state index contributed by atoms with van der Waals surface area (Å²) in [5, 5.41) is 8.75. The molecule has 0 spiro atoms. The van der Waals surface area contributed by atoms with Crippen LogP contribution in [0, 0.1) is 11.3 Å². The van der Waals surface area contributed by atoms with Gasteiger partial charge in [0.25, 0.3) is 0 Å². The van der Waals surface area contributed by atoms with Gasteiger partial charge in [-0.05, 0) is 42.0 Å². The quantitative estimate of drug-likeness (QED) is 0.836. The van der Waals surface area contributed by atoms with Gasteiger partial charge in [0.2, 0.25) is 10.0 Å². The summed E-state index contributed by atoms with van der Waals surface area (Å²) in [5.41, 5.74) is 1.33. The molecule has 0 heterocycles. The van der Waals surface area contributed by atoms with E-state index in [-0.39, 0.29) is 11.4 Å². The fraction of sp³-hybridized carbons (Fsp3) is 0.133. The van der Waals surface area contributed by atoms with Gasteiger partial charge in [-0.2, -0.15) is 9.57 Å². The molecule has 0 bridgehead atoms. The Hall–Kier alpha value is -1.68. The van der Waals surface area contributed by atoms with Crippen LogP contribution in [0.15, 0.2) is 57.9 Å². The fourth-order valence-corrected chi connectivity index (χ4v) is 3.46. The SMILES string of the molecule is CN(Cc1cccc(Br)c1)S(=O)(=O)c1ccc(C#N)cc1. The first-order valence-electron chi connectivity index (χ1n) is 6.14. The van der Waals surface area contributed by atoms with Gasteiger partial charge in [0.1, 0.15) is 0 Å². The molecule has 2 aromatic rings. The zero-order valence-electron chi connectivity index (χ0n) is 11.3. The Morgan fingerprint density at radius 3 is 2.43 bits per heavy atom. The lowest BCUT2D eigenvalue weighted by atomic mass is 10.2. The van der Waals surface area contributed by atoms with Crippen LogP contribution in [0.1, 0.15) is 11.1 Å². The second kappa shape index (κ2) is 6.39. The molecule has 2 aromatic carbocycles. The molecule has 0 aliphatic rings. The van der Waals surface area contributed by atoms with Crippen LogP contribution in [-0.2, 0) is 16.6 Å². The van der Waals surface area contributed by atoms with E-state index in [2.05, 4.69) is 15.9 Å². The minimum atomic E-state index is -3.57. The molecule has 4 nitrogen and oxygen atoms in total. The molecular formula is C15H13BrN2O2S. The molecule has 0 atom stereocenters. The molecule has 0 unspecified atom stereocenters. The summed E-state index contributed by atoms with van der Waals surface area (Å²) in [6, 6.07) is 15.4. The van der Waals surface area contributed by atoms with Crippen LogP contribution < -0.4 is 0 Å². The van der Waals surface area contributed by atoms with Crippen molar-refractivity contribution >= 4 is 26.0 Å². The molecule has 0 fully saturated rings. The van der Waals surface area contributed by atoms with E-state index in [0.717, 1.165) is 10.0 Å². The first-order valence-corrected chi connectivity index (χ1v) is 8.38. The molecule has 0 radical (unpaired) electrons. The van der Waals surface area contributed by atoms with Crippen molar-refractivity contribution in [3.63, 3.8) is 0 Å². The highest BCUT2D eigenvalue weighted by atomic mass is 79.9. The summed E-state index contributed by atoms with van der Waals surface area (Å²) in [7, 11) is -2.03. The number of hydrogen-bond donors (Lipinski definition) is 0. The van der Waals surface area contributed by atoms with E-state index in [1.54, 1.807) is 0 Å². The minimum absolute atomic E-state index is 0.180. The molecule has 21 heavy (non-hydrogen) atoms. The van der Waals surface area contributed by atoms with Crippen molar-refractivity contribution in [1.29, 1.82) is 5.26 Å². The van der Waals surface area contributed by atoms with Crippen LogP contribution in [0.25, 0.3) is 0 Å². The predicted octanol–water partition coefficient (Wildman–Crippen LogP) is 3.14. The lowest BCUT2D eigenvalue weighted by Crippen LogP contribution is -2.26. The Bertz CT molecular complexity index is 780. The second-order valence-electron chi connectivity index (χ2n) is 4.53. The smallest absolute Gasteiger partial charge is 0.207 e. The summed E-state index contributed by atoms with van der Waals surface area (Å²) in [4.78, 5) is 0.180. The molecule has 0 aliphatic heterocycles. The first-order chi connectivity index (χ1) is 9.93. The minimum Gasteiger partial charge on any atom is -0.207 e. The highest BCUT2D eigenvalue weighted by molar-refractivity contribution is 9.10. The normalized spacial score (nSPS) is 11.3. The van der Waals surface area contributed by atoms with Crippen molar-refractivity contribution in [2.45, 2.75) is 11.4 Å². The van der Waals surface area contributed by atoms with Gasteiger partial charge in [0.15, 0.2) is 0 Å². The van der Waals surface area contributed by atoms with Gasteiger partial charge in [-0.3, -0.25) is 0 Å². The Morgan fingerprint density at radius 2 is 1.86 bits per heavy atom. The average molecular weight is 365 g/mol. The summed E-state index contributed by atoms with van der Waals surface area (Å²) < 4.78 is 27.1. The number of benzene rings is 2. The van der Waals surface area contributed by atoms with Gasteiger partial charge >= 0.3 is 0 Å². The fourth-order valence-electron chi connectivity index (χ4n) is 1.86. The van der Waals surface area contributed by atoms with Crippen molar-refractivity contribution in [1.82, 2.24) is 4.31 Å². The van der Waals surface area contributed by atoms with Crippen molar-refractivity contribution in [3.8, 4) is 6.07 Å². The Morgan fingerprint density at radius 1 is 1.19 bits per heavy atom. The van der Waals surface area contributed by atoms with E-state index < -0.39 is 10.0 Å². The third-order valence-electron chi connectivity index (χ3n) is 2.99. The standard InChI is InChI=1S/C15H13BrN2O2S/c1-18(11-13-3-2-4-14(16)9-13)21(19,20)15-7-5-12(10-17)6-8-15/h2-9H,11H2,1H3. The van der Waals surface area contributed by atoms with Crippen LogP contribution in [0.3, 0.4) is 0 Å². The number of halogens is 1. The third-order valence-corrected chi connectivity index (χ3v) is 5.30. The van der Waals surface area contributed by atoms with E-state index in [0.29, 0.717) is 5.56 Å². The van der Waals surface area contributed by atoms with Gasteiger partial charge in [0.05, 0.1) is 16.5 Å². The highest BCUT2D eigenvalue weighted by Crippen LogP contribution is 2.19. The molecule has 0 aromatic heterocycles. The van der Waals surface area contributed by atoms with Crippen LogP contribution in [0.2, 0.25) is 0 Å². The van der Waals surface area contributed by atoms with Crippen LogP contribution >= 0.6 is 15.9 Å². The van der Waals surface area contributed by atoms with E-state index in [9.17, 15) is 8.42 Å². The summed E-state index contributed by atoms with van der Waals surface area (Å²) in [6.45, 7) is 0.280. The van der Waals surface area contributed by atoms with Crippen molar-refractivity contribution in [2.75, 3.05) is 7.05 Å². The van der Waals surface area contributed by atoms with Gasteiger partial charge < -0.3 is 0 Å². The third kappa shape index (κ3) is 3.70. The van der Waals surface area contributed by atoms with Crippen LogP contribution in [0.4, 0.5) is 0 Å². The van der Waals surface area contributed by atoms with Gasteiger partial charge in [-0.1, -0.05) is 28.1 Å². The molecule has 108 valence electrons. The van der Waals surface area contributed by atoms with E-state index >= 15 is 0 Å². The van der Waals surface area contributed by atoms with Gasteiger partial charge in [-0.15, -0.1) is 0 Å². The molecule has 6 heteroatoms. The lowest BCUT2D eigenvalue weighted by Gasteiger charge is -2.17. The van der Waals surface area contributed by atoms with Gasteiger partial charge in [-0.25, -0.2) is 8.42 Å². The molecular weight excluding hydrogens is 352 g/mol. The number of rotatable bonds is 4. The lowest BCUT2D eigenvalue weighted by molar-refractivity contribution is 0.466. The molecule has 0 amide bonds. The summed E-state index contributed by atoms with van der Waals surface area (Å²) >= 11 is 3.36. The number of nitriles is 1. The van der Waals surface area contributed by atoms with E-state index in [4.69, 9.17) is 5.26 Å². The van der Waals surface area contributed by atoms with Crippen molar-refractivity contribution in [3.05, 3.63) is 64.1 Å². The monoisotopic (exact) mass is 364 g/mol. The number of nitrogens with zero attached hydrogens (tertiary/aromatic N) is 2. The topological polar surface area (TPSA) is 61.2 Å². The Balaban J connectivity index is 2.24. The van der Waals surface area contributed by atoms with Crippen LogP contribution in [0.5, 0.6) is 0 Å². The second-order valence-corrected chi connectivity index (χ2v) is 7.49. The predicted molar refractivity (Wildman–Crippen MR) is 84.0 cm³/mol. The molecule has 2 rings (SSSR count). The van der Waals surface area contributed by atoms with Crippen molar-refractivity contribution in [2.24, 2.45) is 0 Å². The first kappa shape index (κ1) is 15.7. The summed E-state index contributed by atoms with van der Waals surface area (Å²) in [6.07, 6.45) is 0. The van der Waals surface area contributed by atoms with E-state index in [1.165, 1.54) is 35.6 Å². The maximum Gasteiger partial charge on any atom is 0.243 e. The molecule has 0 saturated heterocycles. The maximum atomic E-state index is 12.5. The zero-order valence-corrected chi connectivity index (χ0v) is 13.7. The van der Waals surface area contributed by atoms with Crippen molar-refractivity contribution < 1.29 is 8.42 Å². The largest absolute Gasteiger partial charge is 0.243 e. The average Bonchev–Trinajstić information content (AvgIpc) is 2.47. The Labute approximate surface area is 132 Å². The van der Waals surface area contributed by atoms with E-state index in [1.807, 2.05) is 30.3 Å². The highest BCUT2D eigenvalue weighted by Gasteiger charge is 2.20. The maximum absolute atomic E-state index is 12.5. The number of sulfonamides is 1. The van der Waals surface area contributed by atoms with Gasteiger partial charge in [0, 0.05) is 18.1 Å². The molecule has 0 aliphatic carbocycles. The van der Waals surface area contributed by atoms with Crippen LogP contribution in [-0.4, -0.2) is 19.8 Å².